The first-order chi connectivity index (χ1) is 14.5. The van der Waals surface area contributed by atoms with E-state index in [0.29, 0.717) is 11.9 Å². The summed E-state index contributed by atoms with van der Waals surface area (Å²) in [5.41, 5.74) is 2.53. The fourth-order valence-electron chi connectivity index (χ4n) is 2.33. The predicted molar refractivity (Wildman–Crippen MR) is 138 cm³/mol. The molecule has 0 bridgehead atoms. The minimum Gasteiger partial charge on any atom is -0.508 e. The van der Waals surface area contributed by atoms with Crippen molar-refractivity contribution in [2.45, 2.75) is 92.6 Å². The number of hydrogen-bond donors (Lipinski definition) is 1. The maximum Gasteiger partial charge on any atom is 0.115 e. The molecule has 1 aliphatic rings. The smallest absolute Gasteiger partial charge is 0.115 e. The van der Waals surface area contributed by atoms with Crippen LogP contribution in [0.1, 0.15) is 86.6 Å². The molecule has 0 amide bonds. The van der Waals surface area contributed by atoms with Crippen molar-refractivity contribution in [3.8, 4) is 5.75 Å². The third-order valence-corrected chi connectivity index (χ3v) is 5.44. The minimum absolute atomic E-state index is 0.0412. The van der Waals surface area contributed by atoms with E-state index in [-0.39, 0.29) is 5.41 Å². The van der Waals surface area contributed by atoms with Crippen molar-refractivity contribution in [3.05, 3.63) is 66.3 Å². The van der Waals surface area contributed by atoms with Crippen LogP contribution in [-0.2, 0) is 10.2 Å². The largest absolute Gasteiger partial charge is 0.508 e. The Morgan fingerprint density at radius 2 is 1.58 bits per heavy atom. The van der Waals surface area contributed by atoms with Crippen LogP contribution in [0.3, 0.4) is 0 Å². The van der Waals surface area contributed by atoms with Crippen LogP contribution in [0.15, 0.2) is 60.7 Å². The van der Waals surface area contributed by atoms with Crippen molar-refractivity contribution >= 4 is 0 Å². The Labute approximate surface area is 193 Å². The van der Waals surface area contributed by atoms with Gasteiger partial charge in [-0.2, -0.15) is 0 Å². The van der Waals surface area contributed by atoms with E-state index >= 15 is 0 Å². The summed E-state index contributed by atoms with van der Waals surface area (Å²) in [5.74, 6) is 2.08. The van der Waals surface area contributed by atoms with Crippen LogP contribution in [0.2, 0.25) is 0 Å². The third-order valence-electron chi connectivity index (χ3n) is 5.44. The van der Waals surface area contributed by atoms with Gasteiger partial charge in [-0.05, 0) is 46.9 Å². The summed E-state index contributed by atoms with van der Waals surface area (Å²) < 4.78 is 5.28. The van der Waals surface area contributed by atoms with Crippen molar-refractivity contribution in [3.63, 3.8) is 0 Å². The molecule has 0 aromatic heterocycles. The molecule has 0 spiro atoms. The van der Waals surface area contributed by atoms with Crippen LogP contribution in [0.5, 0.6) is 5.75 Å². The average molecular weight is 429 g/mol. The lowest BCUT2D eigenvalue weighted by molar-refractivity contribution is 0.408. The Kier molecular flexibility index (Phi) is 15.0. The number of aromatic hydroxyl groups is 1. The lowest BCUT2D eigenvalue weighted by atomic mass is 9.81. The molecule has 1 fully saturated rings. The van der Waals surface area contributed by atoms with Gasteiger partial charge in [-0.3, -0.25) is 0 Å². The Bertz CT molecular complexity index is 636. The molecular weight excluding hydrogens is 380 g/mol. The standard InChI is InChI=1S/C19H24O2.2C5H12/c1-4-6-15(13-18-14-21-18)7-5-12-19(2,3)16-8-10-17(20)11-9-16;2*1-4-5(2)3/h4-11,18,20H,1,12-14H2,2-3H3;2*5H,4H2,1-3H3/b7-5-,15-6+;;. The van der Waals surface area contributed by atoms with Crippen LogP contribution >= 0.6 is 0 Å². The topological polar surface area (TPSA) is 32.8 Å². The summed E-state index contributed by atoms with van der Waals surface area (Å²) in [5, 5.41) is 9.38. The molecule has 176 valence electrons. The van der Waals surface area contributed by atoms with Crippen LogP contribution in [-0.4, -0.2) is 17.8 Å². The molecule has 2 nitrogen and oxygen atoms in total. The van der Waals surface area contributed by atoms with Gasteiger partial charge in [-0.1, -0.05) is 111 Å². The van der Waals surface area contributed by atoms with Gasteiger partial charge in [0.2, 0.25) is 0 Å². The highest BCUT2D eigenvalue weighted by Gasteiger charge is 2.23. The van der Waals surface area contributed by atoms with E-state index in [4.69, 9.17) is 4.74 Å². The van der Waals surface area contributed by atoms with E-state index in [2.05, 4.69) is 74.1 Å². The summed E-state index contributed by atoms with van der Waals surface area (Å²) in [7, 11) is 0. The number of phenolic OH excluding ortho intramolecular Hbond substituents is 1. The molecule has 1 aromatic carbocycles. The van der Waals surface area contributed by atoms with Gasteiger partial charge >= 0.3 is 0 Å². The van der Waals surface area contributed by atoms with Gasteiger partial charge in [-0.25, -0.2) is 0 Å². The summed E-state index contributed by atoms with van der Waals surface area (Å²) in [6.45, 7) is 22.4. The third kappa shape index (κ3) is 15.6. The highest BCUT2D eigenvalue weighted by Crippen LogP contribution is 2.29. The number of ether oxygens (including phenoxy) is 1. The van der Waals surface area contributed by atoms with Crippen LogP contribution in [0.25, 0.3) is 0 Å². The molecule has 1 aliphatic heterocycles. The molecule has 1 N–H and O–H groups in total. The van der Waals surface area contributed by atoms with Crippen LogP contribution in [0.4, 0.5) is 0 Å². The zero-order chi connectivity index (χ0) is 23.9. The lowest BCUT2D eigenvalue weighted by Gasteiger charge is -2.23. The zero-order valence-corrected chi connectivity index (χ0v) is 21.4. The lowest BCUT2D eigenvalue weighted by Crippen LogP contribution is -2.15. The van der Waals surface area contributed by atoms with Gasteiger partial charge in [0.05, 0.1) is 12.7 Å². The average Bonchev–Trinajstić information content (AvgIpc) is 3.53. The second-order valence-corrected chi connectivity index (χ2v) is 9.78. The zero-order valence-electron chi connectivity index (χ0n) is 21.4. The first kappa shape index (κ1) is 29.2. The van der Waals surface area contributed by atoms with Crippen molar-refractivity contribution < 1.29 is 9.84 Å². The van der Waals surface area contributed by atoms with Gasteiger partial charge in [-0.15, -0.1) is 0 Å². The van der Waals surface area contributed by atoms with Gasteiger partial charge in [0, 0.05) is 6.42 Å². The maximum absolute atomic E-state index is 9.38. The van der Waals surface area contributed by atoms with E-state index in [1.165, 1.54) is 24.0 Å². The number of allylic oxidation sites excluding steroid dienone is 4. The fraction of sp³-hybridized carbons (Fsp3) is 0.586. The second kappa shape index (κ2) is 15.9. The molecule has 1 atom stereocenters. The van der Waals surface area contributed by atoms with Gasteiger partial charge < -0.3 is 9.84 Å². The molecule has 0 saturated carbocycles. The Hall–Kier alpha value is -1.80. The monoisotopic (exact) mass is 428 g/mol. The van der Waals surface area contributed by atoms with Crippen LogP contribution < -0.4 is 0 Å². The summed E-state index contributed by atoms with van der Waals surface area (Å²) in [6.07, 6.45) is 13.2. The van der Waals surface area contributed by atoms with Crippen LogP contribution in [0, 0.1) is 11.8 Å². The number of epoxide rings is 1. The molecular formula is C29H48O2. The van der Waals surface area contributed by atoms with Crippen molar-refractivity contribution in [2.24, 2.45) is 11.8 Å². The molecule has 1 saturated heterocycles. The number of benzene rings is 1. The normalized spacial score (nSPS) is 15.9. The Balaban J connectivity index is 0.000000752. The Morgan fingerprint density at radius 1 is 1.10 bits per heavy atom. The summed E-state index contributed by atoms with van der Waals surface area (Å²) >= 11 is 0. The highest BCUT2D eigenvalue weighted by molar-refractivity contribution is 5.32. The van der Waals surface area contributed by atoms with E-state index in [9.17, 15) is 5.11 Å². The van der Waals surface area contributed by atoms with E-state index < -0.39 is 0 Å². The SMILES string of the molecule is C=C/C=C(\C=C/CC(C)(C)c1ccc(O)cc1)CC1CO1.CCC(C)C.CCC(C)C. The molecule has 1 aromatic rings. The number of rotatable bonds is 9. The molecule has 1 heterocycles. The van der Waals surface area contributed by atoms with E-state index in [1.807, 2.05) is 24.3 Å². The van der Waals surface area contributed by atoms with Crippen molar-refractivity contribution in [1.82, 2.24) is 0 Å². The van der Waals surface area contributed by atoms with E-state index in [0.717, 1.165) is 31.3 Å². The molecule has 0 radical (unpaired) electrons. The molecule has 2 heteroatoms. The predicted octanol–water partition coefficient (Wildman–Crippen LogP) is 8.62. The minimum atomic E-state index is 0.0412. The number of phenols is 1. The molecule has 2 rings (SSSR count). The first-order valence-electron chi connectivity index (χ1n) is 11.9. The molecule has 31 heavy (non-hydrogen) atoms. The first-order valence-corrected chi connectivity index (χ1v) is 11.9. The van der Waals surface area contributed by atoms with Gasteiger partial charge in [0.25, 0.3) is 0 Å². The van der Waals surface area contributed by atoms with Crippen molar-refractivity contribution in [1.29, 1.82) is 0 Å². The maximum atomic E-state index is 9.38. The molecule has 0 aliphatic carbocycles. The van der Waals surface area contributed by atoms with Gasteiger partial charge in [0.15, 0.2) is 0 Å². The van der Waals surface area contributed by atoms with Gasteiger partial charge in [0.1, 0.15) is 5.75 Å². The summed E-state index contributed by atoms with van der Waals surface area (Å²) in [4.78, 5) is 0. The van der Waals surface area contributed by atoms with Crippen molar-refractivity contribution in [2.75, 3.05) is 6.61 Å². The highest BCUT2D eigenvalue weighted by atomic mass is 16.6. The summed E-state index contributed by atoms with van der Waals surface area (Å²) in [6, 6.07) is 7.46. The quantitative estimate of drug-likeness (QED) is 0.315. The Morgan fingerprint density at radius 3 is 1.97 bits per heavy atom. The fourth-order valence-corrected chi connectivity index (χ4v) is 2.33. The number of hydrogen-bond acceptors (Lipinski definition) is 2. The van der Waals surface area contributed by atoms with E-state index in [1.54, 1.807) is 12.1 Å². The second-order valence-electron chi connectivity index (χ2n) is 9.78. The molecule has 1 unspecified atom stereocenters.